The summed E-state index contributed by atoms with van der Waals surface area (Å²) in [6.07, 6.45) is -2.99. The highest BCUT2D eigenvalue weighted by atomic mass is 19.4. The highest BCUT2D eigenvalue weighted by Crippen LogP contribution is 2.31. The van der Waals surface area contributed by atoms with E-state index < -0.39 is 29.2 Å². The maximum atomic E-state index is 12.9. The molecule has 0 bridgehead atoms. The average Bonchev–Trinajstić information content (AvgIpc) is 2.60. The highest BCUT2D eigenvalue weighted by Gasteiger charge is 2.35. The van der Waals surface area contributed by atoms with E-state index in [2.05, 4.69) is 15.0 Å². The molecule has 0 aliphatic rings. The van der Waals surface area contributed by atoms with Crippen LogP contribution in [-0.4, -0.2) is 30.6 Å². The van der Waals surface area contributed by atoms with Crippen LogP contribution in [0.4, 0.5) is 18.9 Å². The number of nitrogens with zero attached hydrogens (tertiary/aromatic N) is 1. The Hall–Kier alpha value is -3.10. The molecule has 1 amide bonds. The zero-order valence-corrected chi connectivity index (χ0v) is 13.0. The van der Waals surface area contributed by atoms with Crippen LogP contribution in [0.1, 0.15) is 15.9 Å². The van der Waals surface area contributed by atoms with Gasteiger partial charge in [-0.15, -0.1) is 0 Å². The molecule has 132 valence electrons. The molecule has 0 radical (unpaired) electrons. The van der Waals surface area contributed by atoms with Gasteiger partial charge in [0.1, 0.15) is 5.75 Å². The number of methoxy groups -OCH3 is 1. The number of halogens is 3. The van der Waals surface area contributed by atoms with Crippen molar-refractivity contribution in [3.63, 3.8) is 0 Å². The first-order valence-electron chi connectivity index (χ1n) is 6.93. The summed E-state index contributed by atoms with van der Waals surface area (Å²) in [6, 6.07) is 6.76. The minimum atomic E-state index is -4.69. The van der Waals surface area contributed by atoms with Gasteiger partial charge in [0.05, 0.1) is 18.2 Å². The second-order valence-electron chi connectivity index (χ2n) is 4.76. The van der Waals surface area contributed by atoms with Gasteiger partial charge < -0.3 is 14.8 Å². The number of hydrogen-bond acceptors (Lipinski definition) is 5. The van der Waals surface area contributed by atoms with Gasteiger partial charge in [-0.25, -0.2) is 4.79 Å². The number of alkyl halides is 3. The molecule has 1 aromatic heterocycles. The lowest BCUT2D eigenvalue weighted by atomic mass is 10.1. The largest absolute Gasteiger partial charge is 0.482 e. The fourth-order valence-electron chi connectivity index (χ4n) is 1.85. The third-order valence-electron chi connectivity index (χ3n) is 3.07. The Morgan fingerprint density at radius 3 is 2.44 bits per heavy atom. The number of nitrogens with one attached hydrogen (secondary N) is 1. The van der Waals surface area contributed by atoms with E-state index in [0.717, 1.165) is 12.3 Å². The van der Waals surface area contributed by atoms with Crippen molar-refractivity contribution in [2.75, 3.05) is 19.0 Å². The number of amides is 1. The van der Waals surface area contributed by atoms with Gasteiger partial charge in [-0.3, -0.25) is 9.78 Å². The predicted octanol–water partition coefficient (Wildman–Crippen LogP) is 2.90. The topological polar surface area (TPSA) is 77.5 Å². The van der Waals surface area contributed by atoms with E-state index in [9.17, 15) is 22.8 Å². The molecule has 25 heavy (non-hydrogen) atoms. The van der Waals surface area contributed by atoms with Crippen molar-refractivity contribution in [1.29, 1.82) is 0 Å². The molecule has 0 aliphatic carbocycles. The van der Waals surface area contributed by atoms with E-state index in [1.54, 1.807) is 0 Å². The first-order valence-corrected chi connectivity index (χ1v) is 6.93. The number of rotatable bonds is 5. The second-order valence-corrected chi connectivity index (χ2v) is 4.76. The van der Waals surface area contributed by atoms with Crippen LogP contribution in [0.3, 0.4) is 0 Å². The number of benzene rings is 1. The van der Waals surface area contributed by atoms with Gasteiger partial charge in [-0.2, -0.15) is 13.2 Å². The van der Waals surface area contributed by atoms with Crippen LogP contribution in [0, 0.1) is 0 Å². The molecule has 9 heteroatoms. The normalized spacial score (nSPS) is 10.9. The van der Waals surface area contributed by atoms with Crippen molar-refractivity contribution >= 4 is 17.6 Å². The molecule has 0 saturated heterocycles. The first kappa shape index (κ1) is 18.2. The molecule has 0 saturated carbocycles. The fourth-order valence-corrected chi connectivity index (χ4v) is 1.85. The zero-order valence-electron chi connectivity index (χ0n) is 13.0. The summed E-state index contributed by atoms with van der Waals surface area (Å²) in [5.74, 6) is -1.14. The number of carbonyl (C=O) groups is 2. The maximum absolute atomic E-state index is 12.9. The third kappa shape index (κ3) is 4.93. The van der Waals surface area contributed by atoms with Crippen LogP contribution < -0.4 is 10.1 Å². The summed E-state index contributed by atoms with van der Waals surface area (Å²) >= 11 is 0. The summed E-state index contributed by atoms with van der Waals surface area (Å²) in [6.45, 7) is -0.284. The van der Waals surface area contributed by atoms with Crippen LogP contribution in [0.2, 0.25) is 0 Å². The predicted molar refractivity (Wildman–Crippen MR) is 81.1 cm³/mol. The molecule has 2 aromatic rings. The standard InChI is InChI=1S/C16H13F3N2O4/c1-24-14(22)9-25-11-4-2-10(3-5-11)21-15(23)12-6-7-20-8-13(12)16(17,18)19/h2-8H,9H2,1H3,(H,21,23). The van der Waals surface area contributed by atoms with Crippen molar-refractivity contribution in [3.05, 3.63) is 53.9 Å². The smallest absolute Gasteiger partial charge is 0.418 e. The van der Waals surface area contributed by atoms with E-state index in [1.165, 1.54) is 31.4 Å². The molecule has 2 rings (SSSR count). The van der Waals surface area contributed by atoms with Crippen LogP contribution in [0.15, 0.2) is 42.7 Å². The quantitative estimate of drug-likeness (QED) is 0.836. The summed E-state index contributed by atoms with van der Waals surface area (Å²) in [4.78, 5) is 26.5. The van der Waals surface area contributed by atoms with Crippen molar-refractivity contribution in [2.45, 2.75) is 6.18 Å². The highest BCUT2D eigenvalue weighted by molar-refractivity contribution is 6.05. The van der Waals surface area contributed by atoms with Gasteiger partial charge in [0.25, 0.3) is 5.91 Å². The minimum absolute atomic E-state index is 0.264. The SMILES string of the molecule is COC(=O)COc1ccc(NC(=O)c2ccncc2C(F)(F)F)cc1. The van der Waals surface area contributed by atoms with Crippen molar-refractivity contribution in [1.82, 2.24) is 4.98 Å². The Morgan fingerprint density at radius 2 is 1.84 bits per heavy atom. The second kappa shape index (κ2) is 7.65. The molecule has 0 atom stereocenters. The van der Waals surface area contributed by atoms with E-state index >= 15 is 0 Å². The number of aromatic nitrogens is 1. The Bertz CT molecular complexity index is 761. The van der Waals surface area contributed by atoms with Gasteiger partial charge in [0.15, 0.2) is 6.61 Å². The average molecular weight is 354 g/mol. The summed E-state index contributed by atoms with van der Waals surface area (Å²) in [5.41, 5.74) is -1.39. The molecule has 0 aliphatic heterocycles. The zero-order chi connectivity index (χ0) is 18.4. The van der Waals surface area contributed by atoms with Crippen LogP contribution in [0.5, 0.6) is 5.75 Å². The maximum Gasteiger partial charge on any atom is 0.418 e. The minimum Gasteiger partial charge on any atom is -0.482 e. The lowest BCUT2D eigenvalue weighted by molar-refractivity contribution is -0.143. The Balaban J connectivity index is 2.08. The number of anilines is 1. The molecule has 1 heterocycles. The van der Waals surface area contributed by atoms with E-state index in [0.29, 0.717) is 11.9 Å². The van der Waals surface area contributed by atoms with Crippen LogP contribution in [0.25, 0.3) is 0 Å². The molecule has 6 nitrogen and oxygen atoms in total. The lowest BCUT2D eigenvalue weighted by Crippen LogP contribution is -2.19. The number of esters is 1. The number of pyridine rings is 1. The Morgan fingerprint density at radius 1 is 1.16 bits per heavy atom. The molecule has 0 unspecified atom stereocenters. The number of hydrogen-bond donors (Lipinski definition) is 1. The van der Waals surface area contributed by atoms with Gasteiger partial charge in [-0.1, -0.05) is 0 Å². The fraction of sp³-hybridized carbons (Fsp3) is 0.188. The van der Waals surface area contributed by atoms with E-state index in [4.69, 9.17) is 4.74 Å². The Kier molecular flexibility index (Phi) is 5.58. The van der Waals surface area contributed by atoms with Gasteiger partial charge in [0, 0.05) is 18.1 Å². The van der Waals surface area contributed by atoms with E-state index in [-0.39, 0.29) is 12.3 Å². The van der Waals surface area contributed by atoms with Crippen molar-refractivity contribution in [3.8, 4) is 5.75 Å². The first-order chi connectivity index (χ1) is 11.8. The summed E-state index contributed by atoms with van der Waals surface area (Å²) in [7, 11) is 1.22. The van der Waals surface area contributed by atoms with Crippen molar-refractivity contribution < 1.29 is 32.2 Å². The van der Waals surface area contributed by atoms with Gasteiger partial charge >= 0.3 is 12.1 Å². The third-order valence-corrected chi connectivity index (χ3v) is 3.07. The molecule has 0 fully saturated rings. The Labute approximate surface area is 140 Å². The molecule has 1 aromatic carbocycles. The summed E-state index contributed by atoms with van der Waals surface area (Å²) < 4.78 is 48.3. The monoisotopic (exact) mass is 354 g/mol. The number of ether oxygens (including phenoxy) is 2. The molecule has 1 N–H and O–H groups in total. The van der Waals surface area contributed by atoms with Crippen molar-refractivity contribution in [2.24, 2.45) is 0 Å². The number of carbonyl (C=O) groups excluding carboxylic acids is 2. The van der Waals surface area contributed by atoms with Gasteiger partial charge in [0.2, 0.25) is 0 Å². The lowest BCUT2D eigenvalue weighted by Gasteiger charge is -2.12. The van der Waals surface area contributed by atoms with Gasteiger partial charge in [-0.05, 0) is 30.3 Å². The van der Waals surface area contributed by atoms with E-state index in [1.807, 2.05) is 0 Å². The molecule has 0 spiro atoms. The van der Waals surface area contributed by atoms with Crippen LogP contribution >= 0.6 is 0 Å². The molecular formula is C16H13F3N2O4. The van der Waals surface area contributed by atoms with Crippen LogP contribution in [-0.2, 0) is 15.7 Å². The molecular weight excluding hydrogens is 341 g/mol. The summed E-state index contributed by atoms with van der Waals surface area (Å²) in [5, 5.41) is 2.36.